The average molecular weight is 362 g/mol. The molecule has 1 aliphatic heterocycles. The summed E-state index contributed by atoms with van der Waals surface area (Å²) in [5.41, 5.74) is 6.91. The van der Waals surface area contributed by atoms with E-state index in [4.69, 9.17) is 5.11 Å². The highest BCUT2D eigenvalue weighted by Crippen LogP contribution is 2.35. The number of fused-ring (bicyclic) bond motifs is 1. The lowest BCUT2D eigenvalue weighted by molar-refractivity contribution is 0.0697. The molecular weight excluding hydrogens is 336 g/mol. The number of piperidine rings is 1. The van der Waals surface area contributed by atoms with Gasteiger partial charge in [-0.15, -0.1) is 0 Å². The summed E-state index contributed by atoms with van der Waals surface area (Å²) in [5.74, 6) is 0.0720. The van der Waals surface area contributed by atoms with E-state index < -0.39 is 5.97 Å². The van der Waals surface area contributed by atoms with Crippen molar-refractivity contribution in [1.82, 2.24) is 10.3 Å². The molecule has 0 amide bonds. The average Bonchev–Trinajstić information content (AvgIpc) is 3.16. The first-order chi connectivity index (χ1) is 13.0. The number of carboxylic acids is 1. The molecule has 2 aromatic carbocycles. The van der Waals surface area contributed by atoms with Gasteiger partial charge in [-0.25, -0.2) is 4.79 Å². The Kier molecular flexibility index (Phi) is 4.75. The molecule has 4 nitrogen and oxygen atoms in total. The van der Waals surface area contributed by atoms with Gasteiger partial charge in [0, 0.05) is 23.6 Å². The Morgan fingerprint density at radius 2 is 1.93 bits per heavy atom. The van der Waals surface area contributed by atoms with E-state index >= 15 is 0 Å². The number of aromatic nitrogens is 1. The number of H-pyrrole nitrogens is 1. The fourth-order valence-corrected chi connectivity index (χ4v) is 4.60. The molecule has 4 heteroatoms. The number of hydrogen-bond donors (Lipinski definition) is 3. The molecule has 140 valence electrons. The van der Waals surface area contributed by atoms with Crippen LogP contribution in [-0.2, 0) is 6.42 Å². The van der Waals surface area contributed by atoms with Gasteiger partial charge in [-0.05, 0) is 85.5 Å². The van der Waals surface area contributed by atoms with Gasteiger partial charge in [0.2, 0.25) is 0 Å². The number of nitrogens with one attached hydrogen (secondary N) is 2. The van der Waals surface area contributed by atoms with E-state index in [1.807, 2.05) is 18.3 Å². The van der Waals surface area contributed by atoms with Gasteiger partial charge in [-0.1, -0.05) is 18.2 Å². The zero-order valence-electron chi connectivity index (χ0n) is 15.9. The van der Waals surface area contributed by atoms with Gasteiger partial charge in [0.1, 0.15) is 0 Å². The first-order valence-corrected chi connectivity index (χ1v) is 9.64. The van der Waals surface area contributed by atoms with Gasteiger partial charge in [0.05, 0.1) is 5.56 Å². The van der Waals surface area contributed by atoms with Gasteiger partial charge in [-0.2, -0.15) is 0 Å². The molecule has 0 bridgehead atoms. The van der Waals surface area contributed by atoms with Crippen LogP contribution in [0.4, 0.5) is 0 Å². The number of carbonyl (C=O) groups is 1. The van der Waals surface area contributed by atoms with Crippen LogP contribution in [0.1, 0.15) is 45.0 Å². The first-order valence-electron chi connectivity index (χ1n) is 9.64. The summed E-state index contributed by atoms with van der Waals surface area (Å²) < 4.78 is 0. The van der Waals surface area contributed by atoms with Crippen molar-refractivity contribution in [3.8, 4) is 0 Å². The number of carboxylic acid groups (broad SMARTS) is 1. The predicted molar refractivity (Wildman–Crippen MR) is 109 cm³/mol. The molecule has 0 saturated carbocycles. The SMILES string of the molecule is Cc1cc(C)c2[nH]ccc2c1CC1CCNCC1c1ccc(C(=O)O)cc1. The van der Waals surface area contributed by atoms with E-state index in [9.17, 15) is 4.79 Å². The lowest BCUT2D eigenvalue weighted by atomic mass is 9.77. The maximum atomic E-state index is 11.1. The number of aromatic amines is 1. The van der Waals surface area contributed by atoms with Crippen LogP contribution in [0.3, 0.4) is 0 Å². The third-order valence-electron chi connectivity index (χ3n) is 6.05. The minimum atomic E-state index is -0.870. The maximum absolute atomic E-state index is 11.1. The summed E-state index contributed by atoms with van der Waals surface area (Å²) in [6, 6.07) is 11.9. The van der Waals surface area contributed by atoms with Gasteiger partial charge in [0.15, 0.2) is 0 Å². The molecule has 0 spiro atoms. The van der Waals surface area contributed by atoms with Crippen LogP contribution in [-0.4, -0.2) is 29.1 Å². The molecule has 27 heavy (non-hydrogen) atoms. The molecule has 0 radical (unpaired) electrons. The number of aryl methyl sites for hydroxylation is 2. The Morgan fingerprint density at radius 1 is 1.15 bits per heavy atom. The second-order valence-electron chi connectivity index (χ2n) is 7.75. The second kappa shape index (κ2) is 7.20. The van der Waals surface area contributed by atoms with Crippen LogP contribution >= 0.6 is 0 Å². The molecule has 2 atom stereocenters. The highest BCUT2D eigenvalue weighted by molar-refractivity contribution is 5.88. The largest absolute Gasteiger partial charge is 0.478 e. The van der Waals surface area contributed by atoms with Gasteiger partial charge in [-0.3, -0.25) is 0 Å². The molecule has 0 aliphatic carbocycles. The number of hydrogen-bond acceptors (Lipinski definition) is 2. The van der Waals surface area contributed by atoms with E-state index in [0.29, 0.717) is 17.4 Å². The maximum Gasteiger partial charge on any atom is 0.335 e. The van der Waals surface area contributed by atoms with Crippen molar-refractivity contribution in [2.24, 2.45) is 5.92 Å². The van der Waals surface area contributed by atoms with E-state index in [-0.39, 0.29) is 0 Å². The first kappa shape index (κ1) is 17.8. The van der Waals surface area contributed by atoms with Gasteiger partial charge < -0.3 is 15.4 Å². The van der Waals surface area contributed by atoms with Crippen LogP contribution < -0.4 is 5.32 Å². The number of rotatable bonds is 4. The molecular formula is C23H26N2O2. The van der Waals surface area contributed by atoms with Crippen LogP contribution in [0, 0.1) is 19.8 Å². The quantitative estimate of drug-likeness (QED) is 0.644. The molecule has 3 aromatic rings. The van der Waals surface area contributed by atoms with E-state index in [1.54, 1.807) is 12.1 Å². The summed E-state index contributed by atoms with van der Waals surface area (Å²) in [6.45, 7) is 6.35. The fraction of sp³-hybridized carbons (Fsp3) is 0.348. The van der Waals surface area contributed by atoms with E-state index in [0.717, 1.165) is 25.9 Å². The lowest BCUT2D eigenvalue weighted by Crippen LogP contribution is -2.36. The number of aromatic carboxylic acids is 1. The smallest absolute Gasteiger partial charge is 0.335 e. The summed E-state index contributed by atoms with van der Waals surface area (Å²) >= 11 is 0. The predicted octanol–water partition coefficient (Wildman–Crippen LogP) is 4.42. The van der Waals surface area contributed by atoms with Crippen LogP contribution in [0.25, 0.3) is 10.9 Å². The van der Waals surface area contributed by atoms with Crippen molar-refractivity contribution >= 4 is 16.9 Å². The Morgan fingerprint density at radius 3 is 2.67 bits per heavy atom. The Labute approximate surface area is 159 Å². The van der Waals surface area contributed by atoms with Crippen molar-refractivity contribution in [1.29, 1.82) is 0 Å². The molecule has 2 heterocycles. The van der Waals surface area contributed by atoms with Crippen molar-refractivity contribution in [2.75, 3.05) is 13.1 Å². The van der Waals surface area contributed by atoms with E-state index in [2.05, 4.69) is 36.3 Å². The third-order valence-corrected chi connectivity index (χ3v) is 6.05. The normalized spacial score (nSPS) is 20.1. The van der Waals surface area contributed by atoms with Gasteiger partial charge >= 0.3 is 5.97 Å². The minimum Gasteiger partial charge on any atom is -0.478 e. The molecule has 4 rings (SSSR count). The highest BCUT2D eigenvalue weighted by Gasteiger charge is 2.28. The molecule has 1 aromatic heterocycles. The topological polar surface area (TPSA) is 65.1 Å². The molecule has 1 fully saturated rings. The van der Waals surface area contributed by atoms with Crippen molar-refractivity contribution in [2.45, 2.75) is 32.6 Å². The highest BCUT2D eigenvalue weighted by atomic mass is 16.4. The molecule has 1 aliphatic rings. The fourth-order valence-electron chi connectivity index (χ4n) is 4.60. The summed E-state index contributed by atoms with van der Waals surface area (Å²) in [7, 11) is 0. The van der Waals surface area contributed by atoms with E-state index in [1.165, 1.54) is 33.2 Å². The number of benzene rings is 2. The van der Waals surface area contributed by atoms with Crippen LogP contribution in [0.2, 0.25) is 0 Å². The lowest BCUT2D eigenvalue weighted by Gasteiger charge is -2.33. The molecule has 1 saturated heterocycles. The van der Waals surface area contributed by atoms with Crippen molar-refractivity contribution in [3.63, 3.8) is 0 Å². The zero-order valence-corrected chi connectivity index (χ0v) is 15.9. The third kappa shape index (κ3) is 3.37. The van der Waals surface area contributed by atoms with Crippen LogP contribution in [0.5, 0.6) is 0 Å². The van der Waals surface area contributed by atoms with Crippen molar-refractivity contribution < 1.29 is 9.90 Å². The summed E-state index contributed by atoms with van der Waals surface area (Å²) in [6.07, 6.45) is 4.21. The Hall–Kier alpha value is -2.59. The standard InChI is InChI=1S/C23H26N2O2/c1-14-11-15(2)22-19(8-10-25-22)20(14)12-18-7-9-24-13-21(18)16-3-5-17(6-4-16)23(26)27/h3-6,8,10-11,18,21,24-25H,7,9,12-13H2,1-2H3,(H,26,27). The monoisotopic (exact) mass is 362 g/mol. The molecule has 2 unspecified atom stereocenters. The Bertz CT molecular complexity index is 972. The molecule has 3 N–H and O–H groups in total. The zero-order chi connectivity index (χ0) is 19.0. The minimum absolute atomic E-state index is 0.350. The summed E-state index contributed by atoms with van der Waals surface area (Å²) in [4.78, 5) is 14.5. The van der Waals surface area contributed by atoms with Crippen LogP contribution in [0.15, 0.2) is 42.6 Å². The second-order valence-corrected chi connectivity index (χ2v) is 7.75. The summed E-state index contributed by atoms with van der Waals surface area (Å²) in [5, 5.41) is 14.0. The Balaban J connectivity index is 1.66. The van der Waals surface area contributed by atoms with Gasteiger partial charge in [0.25, 0.3) is 0 Å². The van der Waals surface area contributed by atoms with Crippen molar-refractivity contribution in [3.05, 3.63) is 70.4 Å².